The molecule has 6 heteroatoms. The molecular weight excluding hydrogens is 266 g/mol. The largest absolute Gasteiger partial charge is 0.399 e. The van der Waals surface area contributed by atoms with E-state index in [0.717, 1.165) is 12.2 Å². The van der Waals surface area contributed by atoms with Crippen molar-refractivity contribution in [2.75, 3.05) is 17.6 Å². The lowest BCUT2D eigenvalue weighted by atomic mass is 10.1. The molecule has 0 fully saturated rings. The zero-order valence-corrected chi connectivity index (χ0v) is 12.3. The van der Waals surface area contributed by atoms with Crippen molar-refractivity contribution < 1.29 is 4.79 Å². The lowest BCUT2D eigenvalue weighted by molar-refractivity contribution is 0.0956. The number of nitrogens with zero attached hydrogens (tertiary/aromatic N) is 1. The number of imidazole rings is 1. The number of nitrogens with two attached hydrogens (primary N) is 1. The van der Waals surface area contributed by atoms with Crippen LogP contribution in [0.15, 0.2) is 30.6 Å². The maximum Gasteiger partial charge on any atom is 0.253 e. The standard InChI is InChI=1S/C15H21N5O/c1-3-12(14-18-7-8-19-14)20-13-9-10(16)5-6-11(13)15(21)17-4-2/h5-9,12,20H,3-4,16H2,1-2H3,(H,17,21)(H,18,19). The van der Waals surface area contributed by atoms with Crippen LogP contribution in [0.2, 0.25) is 0 Å². The van der Waals surface area contributed by atoms with Crippen LogP contribution in [0.4, 0.5) is 11.4 Å². The van der Waals surface area contributed by atoms with Crippen LogP contribution < -0.4 is 16.4 Å². The SMILES string of the molecule is CCNC(=O)c1ccc(N)cc1NC(CC)c1ncc[nH]1. The number of anilines is 2. The minimum Gasteiger partial charge on any atom is -0.399 e. The molecule has 0 spiro atoms. The smallest absolute Gasteiger partial charge is 0.253 e. The normalized spacial score (nSPS) is 11.9. The maximum atomic E-state index is 12.1. The molecule has 21 heavy (non-hydrogen) atoms. The molecule has 0 saturated heterocycles. The van der Waals surface area contributed by atoms with Gasteiger partial charge in [-0.25, -0.2) is 4.98 Å². The lowest BCUT2D eigenvalue weighted by Crippen LogP contribution is -2.24. The van der Waals surface area contributed by atoms with E-state index in [0.29, 0.717) is 23.5 Å². The Kier molecular flexibility index (Phi) is 4.81. The Balaban J connectivity index is 2.29. The fourth-order valence-electron chi connectivity index (χ4n) is 2.15. The van der Waals surface area contributed by atoms with Gasteiger partial charge in [-0.05, 0) is 31.5 Å². The van der Waals surface area contributed by atoms with Gasteiger partial charge in [0.25, 0.3) is 5.91 Å². The molecule has 0 aliphatic heterocycles. The Morgan fingerprint density at radius 3 is 2.86 bits per heavy atom. The molecule has 6 nitrogen and oxygen atoms in total. The average molecular weight is 287 g/mol. The first-order chi connectivity index (χ1) is 10.2. The number of hydrogen-bond donors (Lipinski definition) is 4. The van der Waals surface area contributed by atoms with Crippen LogP contribution in [0.5, 0.6) is 0 Å². The molecule has 0 aliphatic rings. The summed E-state index contributed by atoms with van der Waals surface area (Å²) < 4.78 is 0. The van der Waals surface area contributed by atoms with E-state index < -0.39 is 0 Å². The van der Waals surface area contributed by atoms with Gasteiger partial charge in [0.05, 0.1) is 11.6 Å². The summed E-state index contributed by atoms with van der Waals surface area (Å²) in [4.78, 5) is 19.5. The zero-order chi connectivity index (χ0) is 15.2. The molecule has 2 rings (SSSR count). The fourth-order valence-corrected chi connectivity index (χ4v) is 2.15. The third kappa shape index (κ3) is 3.53. The third-order valence-corrected chi connectivity index (χ3v) is 3.21. The van der Waals surface area contributed by atoms with Gasteiger partial charge in [0.1, 0.15) is 5.82 Å². The van der Waals surface area contributed by atoms with Crippen LogP contribution >= 0.6 is 0 Å². The van der Waals surface area contributed by atoms with E-state index >= 15 is 0 Å². The van der Waals surface area contributed by atoms with Crippen LogP contribution in [0, 0.1) is 0 Å². The number of carbonyl (C=O) groups excluding carboxylic acids is 1. The zero-order valence-electron chi connectivity index (χ0n) is 12.3. The summed E-state index contributed by atoms with van der Waals surface area (Å²) in [7, 11) is 0. The van der Waals surface area contributed by atoms with Crippen molar-refractivity contribution in [3.8, 4) is 0 Å². The van der Waals surface area contributed by atoms with E-state index in [9.17, 15) is 4.79 Å². The van der Waals surface area contributed by atoms with Crippen molar-refractivity contribution in [3.05, 3.63) is 42.0 Å². The van der Waals surface area contributed by atoms with Gasteiger partial charge in [-0.15, -0.1) is 0 Å². The predicted octanol–water partition coefficient (Wildman–Crippen LogP) is 2.30. The Bertz CT molecular complexity index is 594. The van der Waals surface area contributed by atoms with E-state index in [-0.39, 0.29) is 11.9 Å². The summed E-state index contributed by atoms with van der Waals surface area (Å²) in [6, 6.07) is 5.23. The molecule has 1 amide bonds. The second kappa shape index (κ2) is 6.78. The number of nitrogen functional groups attached to an aromatic ring is 1. The summed E-state index contributed by atoms with van der Waals surface area (Å²) >= 11 is 0. The van der Waals surface area contributed by atoms with Crippen LogP contribution in [0.1, 0.15) is 42.5 Å². The molecule has 1 aromatic heterocycles. The molecule has 0 bridgehead atoms. The number of hydrogen-bond acceptors (Lipinski definition) is 4. The Morgan fingerprint density at radius 2 is 2.24 bits per heavy atom. The number of nitrogens with one attached hydrogen (secondary N) is 3. The van der Waals surface area contributed by atoms with Gasteiger partial charge in [0, 0.05) is 30.3 Å². The highest BCUT2D eigenvalue weighted by molar-refractivity contribution is 6.00. The summed E-state index contributed by atoms with van der Waals surface area (Å²) in [6.07, 6.45) is 4.32. The fraction of sp³-hybridized carbons (Fsp3) is 0.333. The predicted molar refractivity (Wildman–Crippen MR) is 84.1 cm³/mol. The third-order valence-electron chi connectivity index (χ3n) is 3.21. The van der Waals surface area contributed by atoms with E-state index in [1.165, 1.54) is 0 Å². The van der Waals surface area contributed by atoms with Gasteiger partial charge in [0.2, 0.25) is 0 Å². The number of rotatable bonds is 6. The summed E-state index contributed by atoms with van der Waals surface area (Å²) in [5, 5.41) is 6.15. The van der Waals surface area contributed by atoms with Crippen molar-refractivity contribution in [2.45, 2.75) is 26.3 Å². The molecule has 1 aromatic carbocycles. The molecule has 5 N–H and O–H groups in total. The van der Waals surface area contributed by atoms with E-state index in [2.05, 4.69) is 27.5 Å². The van der Waals surface area contributed by atoms with Crippen LogP contribution in [-0.4, -0.2) is 22.4 Å². The quantitative estimate of drug-likeness (QED) is 0.613. The number of aromatic nitrogens is 2. The Hall–Kier alpha value is -2.50. The number of carbonyl (C=O) groups is 1. The molecule has 2 aromatic rings. The second-order valence-corrected chi connectivity index (χ2v) is 4.74. The summed E-state index contributed by atoms with van der Waals surface area (Å²) in [5.74, 6) is 0.719. The number of H-pyrrole nitrogens is 1. The van der Waals surface area contributed by atoms with Crippen LogP contribution in [0.3, 0.4) is 0 Å². The molecule has 1 unspecified atom stereocenters. The van der Waals surface area contributed by atoms with Gasteiger partial charge < -0.3 is 21.4 Å². The molecule has 0 radical (unpaired) electrons. The van der Waals surface area contributed by atoms with Gasteiger partial charge in [-0.1, -0.05) is 6.92 Å². The number of benzene rings is 1. The molecule has 112 valence electrons. The Morgan fingerprint density at radius 1 is 1.43 bits per heavy atom. The monoisotopic (exact) mass is 287 g/mol. The first kappa shape index (κ1) is 14.9. The lowest BCUT2D eigenvalue weighted by Gasteiger charge is -2.19. The first-order valence-corrected chi connectivity index (χ1v) is 7.09. The minimum atomic E-state index is -0.116. The van der Waals surface area contributed by atoms with Crippen molar-refractivity contribution in [3.63, 3.8) is 0 Å². The molecule has 1 heterocycles. The highest BCUT2D eigenvalue weighted by atomic mass is 16.1. The molecular formula is C15H21N5O. The number of aromatic amines is 1. The Labute approximate surface area is 124 Å². The molecule has 0 aliphatic carbocycles. The summed E-state index contributed by atoms with van der Waals surface area (Å²) in [6.45, 7) is 4.52. The van der Waals surface area contributed by atoms with Gasteiger partial charge in [-0.2, -0.15) is 0 Å². The van der Waals surface area contributed by atoms with E-state index in [1.54, 1.807) is 30.6 Å². The van der Waals surface area contributed by atoms with Gasteiger partial charge in [-0.3, -0.25) is 4.79 Å². The highest BCUT2D eigenvalue weighted by Crippen LogP contribution is 2.25. The second-order valence-electron chi connectivity index (χ2n) is 4.74. The van der Waals surface area contributed by atoms with Crippen LogP contribution in [-0.2, 0) is 0 Å². The van der Waals surface area contributed by atoms with Crippen molar-refractivity contribution in [1.29, 1.82) is 0 Å². The molecule has 0 saturated carbocycles. The van der Waals surface area contributed by atoms with E-state index in [1.807, 2.05) is 6.92 Å². The van der Waals surface area contributed by atoms with Crippen molar-refractivity contribution in [1.82, 2.24) is 15.3 Å². The van der Waals surface area contributed by atoms with Crippen molar-refractivity contribution >= 4 is 17.3 Å². The van der Waals surface area contributed by atoms with E-state index in [4.69, 9.17) is 5.73 Å². The number of amides is 1. The topological polar surface area (TPSA) is 95.8 Å². The molecule has 1 atom stereocenters. The maximum absolute atomic E-state index is 12.1. The highest BCUT2D eigenvalue weighted by Gasteiger charge is 2.16. The first-order valence-electron chi connectivity index (χ1n) is 7.09. The van der Waals surface area contributed by atoms with Gasteiger partial charge >= 0.3 is 0 Å². The minimum absolute atomic E-state index is 0.00465. The van der Waals surface area contributed by atoms with Gasteiger partial charge in [0.15, 0.2) is 0 Å². The van der Waals surface area contributed by atoms with Crippen molar-refractivity contribution in [2.24, 2.45) is 0 Å². The average Bonchev–Trinajstić information content (AvgIpc) is 2.99. The summed E-state index contributed by atoms with van der Waals surface area (Å²) in [5.41, 5.74) is 7.75. The van der Waals surface area contributed by atoms with Crippen LogP contribution in [0.25, 0.3) is 0 Å².